The van der Waals surface area contributed by atoms with Gasteiger partial charge < -0.3 is 9.64 Å². The maximum Gasteiger partial charge on any atom is 0.309 e. The maximum absolute atomic E-state index is 13.3. The Hall–Kier alpha value is -2.78. The Morgan fingerprint density at radius 2 is 1.78 bits per heavy atom. The normalized spacial score (nSPS) is 16.3. The fraction of sp³-hybridized carbons (Fsp3) is 0.391. The third-order valence-corrected chi connectivity index (χ3v) is 7.41. The summed E-state index contributed by atoms with van der Waals surface area (Å²) in [6.07, 6.45) is -0.345. The SMILES string of the molecule is CC(OC(=O)C1CCN(S(=O)(=O)c2ccccc2)CC1)C(=O)N(C)Cc1cccc(F)c1. The minimum absolute atomic E-state index is 0.189. The standard InChI is InChI=1S/C23H27FN2O5S/c1-17(22(27)25(2)16-18-7-6-8-20(24)15-18)31-23(28)19-11-13-26(14-12-19)32(29,30)21-9-4-3-5-10-21/h3-10,15,17,19H,11-14,16H2,1-2H3. The minimum atomic E-state index is -3.60. The van der Waals surface area contributed by atoms with Gasteiger partial charge in [0.05, 0.1) is 10.8 Å². The fourth-order valence-electron chi connectivity index (χ4n) is 3.69. The van der Waals surface area contributed by atoms with Crippen LogP contribution in [0.25, 0.3) is 0 Å². The van der Waals surface area contributed by atoms with E-state index in [4.69, 9.17) is 4.74 Å². The first-order valence-electron chi connectivity index (χ1n) is 10.4. The molecule has 1 fully saturated rings. The lowest BCUT2D eigenvalue weighted by Crippen LogP contribution is -2.42. The van der Waals surface area contributed by atoms with Crippen LogP contribution in [0.1, 0.15) is 25.3 Å². The van der Waals surface area contributed by atoms with Gasteiger partial charge in [0.1, 0.15) is 5.82 Å². The van der Waals surface area contributed by atoms with Gasteiger partial charge in [-0.1, -0.05) is 30.3 Å². The molecule has 0 spiro atoms. The topological polar surface area (TPSA) is 84.0 Å². The van der Waals surface area contributed by atoms with Crippen LogP contribution in [0, 0.1) is 11.7 Å². The number of amides is 1. The molecule has 0 saturated carbocycles. The van der Waals surface area contributed by atoms with Gasteiger partial charge in [0, 0.05) is 26.7 Å². The maximum atomic E-state index is 13.3. The summed E-state index contributed by atoms with van der Waals surface area (Å²) >= 11 is 0. The Bertz CT molecular complexity index is 1050. The van der Waals surface area contributed by atoms with Crippen LogP contribution >= 0.6 is 0 Å². The van der Waals surface area contributed by atoms with Gasteiger partial charge in [0.2, 0.25) is 10.0 Å². The zero-order valence-corrected chi connectivity index (χ0v) is 18.9. The highest BCUT2D eigenvalue weighted by Crippen LogP contribution is 2.25. The fourth-order valence-corrected chi connectivity index (χ4v) is 5.18. The van der Waals surface area contributed by atoms with Crippen molar-refractivity contribution < 1.29 is 27.1 Å². The van der Waals surface area contributed by atoms with Crippen LogP contribution in [0.3, 0.4) is 0 Å². The number of piperidine rings is 1. The number of likely N-dealkylation sites (N-methyl/N-ethyl adjacent to an activating group) is 1. The number of sulfonamides is 1. The summed E-state index contributed by atoms with van der Waals surface area (Å²) in [5.74, 6) is -1.77. The van der Waals surface area contributed by atoms with Crippen LogP contribution in [-0.2, 0) is 30.9 Å². The van der Waals surface area contributed by atoms with Crippen molar-refractivity contribution in [3.63, 3.8) is 0 Å². The van der Waals surface area contributed by atoms with E-state index in [-0.39, 0.29) is 30.3 Å². The van der Waals surface area contributed by atoms with E-state index in [0.717, 1.165) is 0 Å². The monoisotopic (exact) mass is 462 g/mol. The van der Waals surface area contributed by atoms with Crippen molar-refractivity contribution in [3.8, 4) is 0 Å². The molecule has 0 aromatic heterocycles. The first kappa shape index (κ1) is 23.9. The molecular formula is C23H27FN2O5S. The van der Waals surface area contributed by atoms with Crippen molar-refractivity contribution in [3.05, 3.63) is 66.0 Å². The molecule has 3 rings (SSSR count). The molecule has 0 radical (unpaired) electrons. The summed E-state index contributed by atoms with van der Waals surface area (Å²) in [7, 11) is -2.04. The van der Waals surface area contributed by atoms with Crippen molar-refractivity contribution in [2.24, 2.45) is 5.92 Å². The average molecular weight is 463 g/mol. The molecule has 9 heteroatoms. The second-order valence-corrected chi connectivity index (χ2v) is 9.83. The highest BCUT2D eigenvalue weighted by molar-refractivity contribution is 7.89. The molecule has 1 amide bonds. The highest BCUT2D eigenvalue weighted by Gasteiger charge is 2.34. The van der Waals surface area contributed by atoms with Gasteiger partial charge in [-0.2, -0.15) is 4.31 Å². The number of hydrogen-bond donors (Lipinski definition) is 0. The molecule has 172 valence electrons. The third kappa shape index (κ3) is 5.72. The van der Waals surface area contributed by atoms with E-state index in [1.807, 2.05) is 0 Å². The summed E-state index contributed by atoms with van der Waals surface area (Å²) in [4.78, 5) is 26.7. The highest BCUT2D eigenvalue weighted by atomic mass is 32.2. The first-order chi connectivity index (χ1) is 15.2. The lowest BCUT2D eigenvalue weighted by Gasteiger charge is -2.31. The van der Waals surface area contributed by atoms with E-state index >= 15 is 0 Å². The van der Waals surface area contributed by atoms with E-state index < -0.39 is 33.9 Å². The van der Waals surface area contributed by atoms with Crippen LogP contribution in [-0.4, -0.2) is 55.7 Å². The van der Waals surface area contributed by atoms with Crippen molar-refractivity contribution in [2.75, 3.05) is 20.1 Å². The largest absolute Gasteiger partial charge is 0.452 e. The predicted molar refractivity (Wildman–Crippen MR) is 116 cm³/mol. The summed E-state index contributed by atoms with van der Waals surface area (Å²) in [5, 5.41) is 0. The van der Waals surface area contributed by atoms with E-state index in [1.165, 1.54) is 28.3 Å². The van der Waals surface area contributed by atoms with Gasteiger partial charge in [0.25, 0.3) is 5.91 Å². The molecule has 1 aliphatic heterocycles. The average Bonchev–Trinajstić information content (AvgIpc) is 2.79. The lowest BCUT2D eigenvalue weighted by atomic mass is 9.98. The summed E-state index contributed by atoms with van der Waals surface area (Å²) in [6, 6.07) is 14.1. The van der Waals surface area contributed by atoms with Crippen LogP contribution < -0.4 is 0 Å². The second kappa shape index (κ2) is 10.2. The molecule has 1 saturated heterocycles. The van der Waals surface area contributed by atoms with Gasteiger partial charge >= 0.3 is 5.97 Å². The Morgan fingerprint density at radius 3 is 2.41 bits per heavy atom. The van der Waals surface area contributed by atoms with Crippen LogP contribution in [0.5, 0.6) is 0 Å². The molecule has 7 nitrogen and oxygen atoms in total. The smallest absolute Gasteiger partial charge is 0.309 e. The summed E-state index contributed by atoms with van der Waals surface area (Å²) in [6.45, 7) is 2.10. The zero-order valence-electron chi connectivity index (χ0n) is 18.1. The molecule has 1 unspecified atom stereocenters. The molecular weight excluding hydrogens is 435 g/mol. The van der Waals surface area contributed by atoms with Crippen molar-refractivity contribution in [1.29, 1.82) is 0 Å². The molecule has 0 aliphatic carbocycles. The van der Waals surface area contributed by atoms with E-state index in [1.54, 1.807) is 49.5 Å². The van der Waals surface area contributed by atoms with Crippen LogP contribution in [0.4, 0.5) is 4.39 Å². The molecule has 1 atom stereocenters. The first-order valence-corrected chi connectivity index (χ1v) is 11.9. The van der Waals surface area contributed by atoms with Gasteiger partial charge in [-0.25, -0.2) is 12.8 Å². The van der Waals surface area contributed by atoms with Crippen LogP contribution in [0.2, 0.25) is 0 Å². The Labute approximate surface area is 187 Å². The number of ether oxygens (including phenoxy) is 1. The number of halogens is 1. The predicted octanol–water partition coefficient (Wildman–Crippen LogP) is 2.82. The van der Waals surface area contributed by atoms with Crippen LogP contribution in [0.15, 0.2) is 59.5 Å². The zero-order chi connectivity index (χ0) is 23.3. The summed E-state index contributed by atoms with van der Waals surface area (Å²) < 4.78 is 45.5. The van der Waals surface area contributed by atoms with Crippen molar-refractivity contribution >= 4 is 21.9 Å². The number of carbonyl (C=O) groups is 2. The van der Waals surface area contributed by atoms with Gasteiger partial charge in [-0.05, 0) is 49.6 Å². The van der Waals surface area contributed by atoms with Crippen molar-refractivity contribution in [1.82, 2.24) is 9.21 Å². The minimum Gasteiger partial charge on any atom is -0.452 e. The molecule has 32 heavy (non-hydrogen) atoms. The quantitative estimate of drug-likeness (QED) is 0.591. The van der Waals surface area contributed by atoms with E-state index in [2.05, 4.69) is 0 Å². The van der Waals surface area contributed by atoms with E-state index in [9.17, 15) is 22.4 Å². The molecule has 1 heterocycles. The molecule has 2 aromatic carbocycles. The Balaban J connectivity index is 1.51. The summed E-state index contributed by atoms with van der Waals surface area (Å²) in [5.41, 5.74) is 0.631. The Morgan fingerprint density at radius 1 is 1.12 bits per heavy atom. The number of esters is 1. The lowest BCUT2D eigenvalue weighted by molar-refractivity contribution is -0.163. The van der Waals surface area contributed by atoms with Crippen molar-refractivity contribution in [2.45, 2.75) is 37.3 Å². The molecule has 0 N–H and O–H groups in total. The number of rotatable bonds is 7. The number of nitrogens with zero attached hydrogens (tertiary/aromatic N) is 2. The molecule has 1 aliphatic rings. The number of benzene rings is 2. The second-order valence-electron chi connectivity index (χ2n) is 7.89. The molecule has 2 aromatic rings. The van der Waals surface area contributed by atoms with Gasteiger partial charge in [-0.3, -0.25) is 9.59 Å². The van der Waals surface area contributed by atoms with Gasteiger partial charge in [0.15, 0.2) is 6.10 Å². The van der Waals surface area contributed by atoms with E-state index in [0.29, 0.717) is 18.4 Å². The third-order valence-electron chi connectivity index (χ3n) is 5.49. The van der Waals surface area contributed by atoms with Gasteiger partial charge in [-0.15, -0.1) is 0 Å². The Kier molecular flexibility index (Phi) is 7.63. The molecule has 0 bridgehead atoms. The number of hydrogen-bond acceptors (Lipinski definition) is 5. The number of carbonyl (C=O) groups excluding carboxylic acids is 2.